The van der Waals surface area contributed by atoms with Gasteiger partial charge >= 0.3 is 0 Å². The predicted molar refractivity (Wildman–Crippen MR) is 87.1 cm³/mol. The number of aryl methyl sites for hydroxylation is 2. The first-order valence-corrected chi connectivity index (χ1v) is 7.26. The summed E-state index contributed by atoms with van der Waals surface area (Å²) in [4.78, 5) is 12.2. The molecule has 0 radical (unpaired) electrons. The van der Waals surface area contributed by atoms with Gasteiger partial charge in [0.2, 0.25) is 0 Å². The molecule has 4 heteroatoms. The van der Waals surface area contributed by atoms with E-state index in [1.165, 1.54) is 5.56 Å². The Morgan fingerprint density at radius 3 is 2.45 bits per heavy atom. The lowest BCUT2D eigenvalue weighted by Crippen LogP contribution is -2.13. The largest absolute Gasteiger partial charge is 0.399 e. The molecule has 0 aliphatic rings. The summed E-state index contributed by atoms with van der Waals surface area (Å²) in [5, 5.41) is 2.92. The van der Waals surface area contributed by atoms with E-state index >= 15 is 0 Å². The molecule has 20 heavy (non-hydrogen) atoms. The highest BCUT2D eigenvalue weighted by Crippen LogP contribution is 2.29. The highest BCUT2D eigenvalue weighted by Gasteiger charge is 2.11. The fraction of sp³-hybridized carbons (Fsp3) is 0.188. The lowest BCUT2D eigenvalue weighted by Gasteiger charge is -2.12. The summed E-state index contributed by atoms with van der Waals surface area (Å²) in [5.41, 5.74) is 9.96. The van der Waals surface area contributed by atoms with E-state index in [1.807, 2.05) is 37.3 Å². The van der Waals surface area contributed by atoms with Crippen LogP contribution in [0.25, 0.3) is 0 Å². The van der Waals surface area contributed by atoms with Crippen LogP contribution in [0.2, 0.25) is 0 Å². The molecular formula is C16H17BrN2O. The summed E-state index contributed by atoms with van der Waals surface area (Å²) in [6, 6.07) is 11.2. The molecule has 0 aliphatic heterocycles. The van der Waals surface area contributed by atoms with Crippen molar-refractivity contribution in [2.24, 2.45) is 0 Å². The molecule has 0 aliphatic carbocycles. The predicted octanol–water partition coefficient (Wildman–Crippen LogP) is 4.15. The average molecular weight is 333 g/mol. The summed E-state index contributed by atoms with van der Waals surface area (Å²) >= 11 is 3.43. The Morgan fingerprint density at radius 1 is 1.25 bits per heavy atom. The highest BCUT2D eigenvalue weighted by molar-refractivity contribution is 9.10. The molecule has 0 atom stereocenters. The zero-order chi connectivity index (χ0) is 14.7. The van der Waals surface area contributed by atoms with Crippen LogP contribution >= 0.6 is 15.9 Å². The third-order valence-corrected chi connectivity index (χ3v) is 3.80. The zero-order valence-corrected chi connectivity index (χ0v) is 13.1. The molecule has 3 N–H and O–H groups in total. The first kappa shape index (κ1) is 14.6. The SMILES string of the molecule is CCc1ccc(C(=O)Nc2c(C)cc(N)cc2Br)cc1. The maximum Gasteiger partial charge on any atom is 0.255 e. The number of nitrogen functional groups attached to an aromatic ring is 1. The maximum absolute atomic E-state index is 12.2. The molecule has 0 saturated carbocycles. The molecule has 2 aromatic rings. The Kier molecular flexibility index (Phi) is 4.45. The molecule has 104 valence electrons. The minimum Gasteiger partial charge on any atom is -0.399 e. The minimum absolute atomic E-state index is 0.124. The fourth-order valence-electron chi connectivity index (χ4n) is 2.01. The number of amides is 1. The highest BCUT2D eigenvalue weighted by atomic mass is 79.9. The molecule has 2 rings (SSSR count). The number of nitrogens with one attached hydrogen (secondary N) is 1. The van der Waals surface area contributed by atoms with E-state index in [2.05, 4.69) is 28.2 Å². The number of hydrogen-bond acceptors (Lipinski definition) is 2. The van der Waals surface area contributed by atoms with Crippen LogP contribution in [0.4, 0.5) is 11.4 Å². The molecule has 3 nitrogen and oxygen atoms in total. The summed E-state index contributed by atoms with van der Waals surface area (Å²) in [5.74, 6) is -0.124. The van der Waals surface area contributed by atoms with Crippen molar-refractivity contribution < 1.29 is 4.79 Å². The van der Waals surface area contributed by atoms with Crippen LogP contribution in [0.1, 0.15) is 28.4 Å². The molecule has 0 spiro atoms. The minimum atomic E-state index is -0.124. The Balaban J connectivity index is 2.23. The van der Waals surface area contributed by atoms with Gasteiger partial charge in [0.1, 0.15) is 0 Å². The van der Waals surface area contributed by atoms with Crippen LogP contribution in [-0.4, -0.2) is 5.91 Å². The van der Waals surface area contributed by atoms with Gasteiger partial charge in [-0.2, -0.15) is 0 Å². The molecule has 0 unspecified atom stereocenters. The standard InChI is InChI=1S/C16H17BrN2O/c1-3-11-4-6-12(7-5-11)16(20)19-15-10(2)8-13(18)9-14(15)17/h4-9H,3,18H2,1-2H3,(H,19,20). The third kappa shape index (κ3) is 3.20. The second-order valence-electron chi connectivity index (χ2n) is 4.70. The number of benzene rings is 2. The number of rotatable bonds is 3. The van der Waals surface area contributed by atoms with Crippen LogP contribution in [0.15, 0.2) is 40.9 Å². The third-order valence-electron chi connectivity index (χ3n) is 3.17. The van der Waals surface area contributed by atoms with Crippen molar-refractivity contribution in [3.8, 4) is 0 Å². The van der Waals surface area contributed by atoms with E-state index in [-0.39, 0.29) is 5.91 Å². The Morgan fingerprint density at radius 2 is 1.90 bits per heavy atom. The van der Waals surface area contributed by atoms with Crippen molar-refractivity contribution in [2.75, 3.05) is 11.1 Å². The lowest BCUT2D eigenvalue weighted by atomic mass is 10.1. The Hall–Kier alpha value is -1.81. The quantitative estimate of drug-likeness (QED) is 0.829. The van der Waals surface area contributed by atoms with Crippen LogP contribution < -0.4 is 11.1 Å². The van der Waals surface area contributed by atoms with E-state index in [0.717, 1.165) is 22.1 Å². The van der Waals surface area contributed by atoms with Crippen molar-refractivity contribution in [2.45, 2.75) is 20.3 Å². The van der Waals surface area contributed by atoms with Crippen molar-refractivity contribution in [1.82, 2.24) is 0 Å². The van der Waals surface area contributed by atoms with E-state index in [4.69, 9.17) is 5.73 Å². The van der Waals surface area contributed by atoms with Gasteiger partial charge in [-0.15, -0.1) is 0 Å². The van der Waals surface area contributed by atoms with Gasteiger partial charge in [0.05, 0.1) is 5.69 Å². The van der Waals surface area contributed by atoms with Crippen molar-refractivity contribution in [1.29, 1.82) is 0 Å². The van der Waals surface area contributed by atoms with Gasteiger partial charge in [-0.05, 0) is 64.7 Å². The molecular weight excluding hydrogens is 316 g/mol. The molecule has 0 heterocycles. The van der Waals surface area contributed by atoms with Gasteiger partial charge in [0.15, 0.2) is 0 Å². The van der Waals surface area contributed by atoms with Gasteiger partial charge in [-0.25, -0.2) is 0 Å². The smallest absolute Gasteiger partial charge is 0.255 e. The van der Waals surface area contributed by atoms with Crippen molar-refractivity contribution in [3.63, 3.8) is 0 Å². The number of halogens is 1. The van der Waals surface area contributed by atoms with E-state index in [0.29, 0.717) is 11.3 Å². The van der Waals surface area contributed by atoms with E-state index < -0.39 is 0 Å². The normalized spacial score (nSPS) is 10.3. The van der Waals surface area contributed by atoms with Crippen LogP contribution in [-0.2, 0) is 6.42 Å². The molecule has 1 amide bonds. The van der Waals surface area contributed by atoms with Crippen LogP contribution in [0.3, 0.4) is 0 Å². The summed E-state index contributed by atoms with van der Waals surface area (Å²) in [6.45, 7) is 4.00. The van der Waals surface area contributed by atoms with Crippen LogP contribution in [0, 0.1) is 6.92 Å². The van der Waals surface area contributed by atoms with Crippen molar-refractivity contribution >= 4 is 33.2 Å². The molecule has 0 fully saturated rings. The Labute approximate surface area is 127 Å². The van der Waals surface area contributed by atoms with Gasteiger partial charge in [-0.3, -0.25) is 4.79 Å². The first-order valence-electron chi connectivity index (χ1n) is 6.47. The Bertz CT molecular complexity index is 612. The average Bonchev–Trinajstić information content (AvgIpc) is 2.42. The van der Waals surface area contributed by atoms with E-state index in [1.54, 1.807) is 6.07 Å². The van der Waals surface area contributed by atoms with Crippen molar-refractivity contribution in [3.05, 3.63) is 57.6 Å². The van der Waals surface area contributed by atoms with E-state index in [9.17, 15) is 4.79 Å². The summed E-state index contributed by atoms with van der Waals surface area (Å²) in [6.07, 6.45) is 0.963. The number of hydrogen-bond donors (Lipinski definition) is 2. The maximum atomic E-state index is 12.2. The topological polar surface area (TPSA) is 55.1 Å². The lowest BCUT2D eigenvalue weighted by molar-refractivity contribution is 0.102. The zero-order valence-electron chi connectivity index (χ0n) is 11.5. The number of nitrogens with two attached hydrogens (primary N) is 1. The van der Waals surface area contributed by atoms with Gasteiger partial charge in [-0.1, -0.05) is 19.1 Å². The number of carbonyl (C=O) groups excluding carboxylic acids is 1. The second-order valence-corrected chi connectivity index (χ2v) is 5.55. The number of anilines is 2. The molecule has 2 aromatic carbocycles. The summed E-state index contributed by atoms with van der Waals surface area (Å²) in [7, 11) is 0. The molecule has 0 bridgehead atoms. The van der Waals surface area contributed by atoms with Gasteiger partial charge in [0.25, 0.3) is 5.91 Å². The monoisotopic (exact) mass is 332 g/mol. The first-order chi connectivity index (χ1) is 9.51. The number of carbonyl (C=O) groups is 1. The molecule has 0 saturated heterocycles. The molecule has 0 aromatic heterocycles. The van der Waals surface area contributed by atoms with Crippen LogP contribution in [0.5, 0.6) is 0 Å². The van der Waals surface area contributed by atoms with Gasteiger partial charge < -0.3 is 11.1 Å². The summed E-state index contributed by atoms with van der Waals surface area (Å²) < 4.78 is 0.786. The van der Waals surface area contributed by atoms with Gasteiger partial charge in [0, 0.05) is 15.7 Å². The fourth-order valence-corrected chi connectivity index (χ4v) is 2.68. The second kappa shape index (κ2) is 6.09.